The molecular weight excluding hydrogens is 408 g/mol. The highest BCUT2D eigenvalue weighted by Crippen LogP contribution is 2.57. The smallest absolute Gasteiger partial charge is 0.226 e. The first-order valence-corrected chi connectivity index (χ1v) is 11.5. The number of piperidine rings is 1. The van der Waals surface area contributed by atoms with Gasteiger partial charge < -0.3 is 9.73 Å². The Kier molecular flexibility index (Phi) is 3.64. The zero-order valence-corrected chi connectivity index (χ0v) is 18.7. The highest BCUT2D eigenvalue weighted by atomic mass is 32.1. The molecule has 3 atom stereocenters. The van der Waals surface area contributed by atoms with Gasteiger partial charge in [-0.25, -0.2) is 4.98 Å². The van der Waals surface area contributed by atoms with Crippen LogP contribution >= 0.6 is 11.3 Å². The van der Waals surface area contributed by atoms with Gasteiger partial charge >= 0.3 is 0 Å². The lowest BCUT2D eigenvalue weighted by molar-refractivity contribution is -0.143. The van der Waals surface area contributed by atoms with Crippen LogP contribution in [0.4, 0.5) is 0 Å². The van der Waals surface area contributed by atoms with Crippen LogP contribution in [0, 0.1) is 10.8 Å². The van der Waals surface area contributed by atoms with E-state index in [-0.39, 0.29) is 22.2 Å². The van der Waals surface area contributed by atoms with Gasteiger partial charge in [-0.2, -0.15) is 0 Å². The van der Waals surface area contributed by atoms with Crippen molar-refractivity contribution < 1.29 is 9.21 Å². The third-order valence-corrected chi connectivity index (χ3v) is 8.37. The summed E-state index contributed by atoms with van der Waals surface area (Å²) in [5, 5.41) is 4.52. The maximum atomic E-state index is 13.1. The summed E-state index contributed by atoms with van der Waals surface area (Å²) in [5.74, 6) is 0.800. The summed E-state index contributed by atoms with van der Waals surface area (Å²) >= 11 is 1.60. The number of nitrogens with zero attached hydrogens (tertiary/aromatic N) is 1. The van der Waals surface area contributed by atoms with E-state index in [1.165, 1.54) is 0 Å². The summed E-state index contributed by atoms with van der Waals surface area (Å²) < 4.78 is 8.20. The molecule has 2 aromatic heterocycles. The summed E-state index contributed by atoms with van der Waals surface area (Å²) in [5.41, 5.74) is 0.699. The number of oxazole rings is 1. The van der Waals surface area contributed by atoms with E-state index in [9.17, 15) is 9.59 Å². The van der Waals surface area contributed by atoms with Gasteiger partial charge in [-0.15, -0.1) is 11.3 Å². The van der Waals surface area contributed by atoms with E-state index in [4.69, 9.17) is 9.40 Å². The van der Waals surface area contributed by atoms with E-state index < -0.39 is 5.41 Å². The lowest BCUT2D eigenvalue weighted by atomic mass is 9.52. The Morgan fingerprint density at radius 3 is 2.58 bits per heavy atom. The molecule has 31 heavy (non-hydrogen) atoms. The van der Waals surface area contributed by atoms with Crippen LogP contribution in [0.15, 0.2) is 45.6 Å². The molecule has 3 heterocycles. The average molecular weight is 433 g/mol. The van der Waals surface area contributed by atoms with Gasteiger partial charge in [-0.05, 0) is 42.9 Å². The molecule has 5 nitrogen and oxygen atoms in total. The largest absolute Gasteiger partial charge is 0.440 e. The maximum Gasteiger partial charge on any atom is 0.226 e. The quantitative estimate of drug-likeness (QED) is 0.423. The second kappa shape index (κ2) is 5.94. The van der Waals surface area contributed by atoms with Crippen LogP contribution in [0.1, 0.15) is 45.9 Å². The van der Waals surface area contributed by atoms with E-state index in [0.717, 1.165) is 27.6 Å². The molecule has 4 aromatic rings. The Balaban J connectivity index is 1.53. The van der Waals surface area contributed by atoms with Gasteiger partial charge in [0.2, 0.25) is 11.8 Å². The third-order valence-electron chi connectivity index (χ3n) is 7.24. The number of rotatable bonds is 1. The molecule has 1 N–H and O–H groups in total. The van der Waals surface area contributed by atoms with Crippen molar-refractivity contribution in [1.82, 2.24) is 10.3 Å². The number of carbonyl (C=O) groups is 1. The number of carbonyl (C=O) groups excluding carboxylic acids is 1. The van der Waals surface area contributed by atoms with Gasteiger partial charge in [0.15, 0.2) is 11.0 Å². The van der Waals surface area contributed by atoms with Crippen LogP contribution in [0.3, 0.4) is 0 Å². The maximum absolute atomic E-state index is 13.1. The van der Waals surface area contributed by atoms with E-state index >= 15 is 0 Å². The standard InChI is InChI=1S/C25H24N2O3S/c1-23-10-24(2,21(29)26-13-23)12-25(3,11-23)22-27-16-8-15-19(9-17(16)30-22)31-18-7-5-4-6-14(18)20(15)28/h4-9H,10-13H2,1-3H3,(H,26,29)/t23-,24+,25+/m0/s1. The normalized spacial score (nSPS) is 30.7. The van der Waals surface area contributed by atoms with Crippen LogP contribution in [0.5, 0.6) is 0 Å². The molecule has 0 radical (unpaired) electrons. The van der Waals surface area contributed by atoms with Crippen LogP contribution in [0.25, 0.3) is 31.3 Å². The SMILES string of the molecule is C[C@]12CNC(=O)[C@](C)(C1)C[C@](C)(c1nc3cc4c(=O)c5ccccc5sc4cc3o1)C2. The number of hydrogen-bond donors (Lipinski definition) is 1. The molecule has 1 saturated carbocycles. The predicted molar refractivity (Wildman–Crippen MR) is 124 cm³/mol. The Bertz CT molecular complexity index is 1470. The second-order valence-corrected chi connectivity index (χ2v) is 11.5. The van der Waals surface area contributed by atoms with Gasteiger partial charge in [-0.3, -0.25) is 9.59 Å². The summed E-state index contributed by atoms with van der Waals surface area (Å²) in [6, 6.07) is 11.5. The molecule has 1 saturated heterocycles. The van der Waals surface area contributed by atoms with Gasteiger partial charge in [-0.1, -0.05) is 32.9 Å². The fraction of sp³-hybridized carbons (Fsp3) is 0.400. The van der Waals surface area contributed by atoms with Crippen molar-refractivity contribution >= 4 is 48.5 Å². The van der Waals surface area contributed by atoms with Crippen LogP contribution in [-0.2, 0) is 10.2 Å². The zero-order valence-electron chi connectivity index (χ0n) is 17.9. The lowest BCUT2D eigenvalue weighted by Gasteiger charge is -2.54. The molecule has 0 unspecified atom stereocenters. The highest BCUT2D eigenvalue weighted by Gasteiger charge is 2.57. The fourth-order valence-corrected chi connectivity index (χ4v) is 7.44. The molecule has 2 fully saturated rings. The first-order valence-electron chi connectivity index (χ1n) is 10.7. The number of fused-ring (bicyclic) bond motifs is 5. The molecule has 1 amide bonds. The van der Waals surface area contributed by atoms with Crippen molar-refractivity contribution in [2.75, 3.05) is 6.54 Å². The number of amides is 1. The number of nitrogens with one attached hydrogen (secondary N) is 1. The first kappa shape index (κ1) is 19.0. The summed E-state index contributed by atoms with van der Waals surface area (Å²) in [6.07, 6.45) is 2.49. The van der Waals surface area contributed by atoms with Gasteiger partial charge in [0, 0.05) is 43.6 Å². The number of hydrogen-bond acceptors (Lipinski definition) is 5. The average Bonchev–Trinajstić information content (AvgIpc) is 3.13. The fourth-order valence-electron chi connectivity index (χ4n) is 6.36. The third kappa shape index (κ3) is 2.70. The van der Waals surface area contributed by atoms with E-state index in [2.05, 4.69) is 26.1 Å². The molecule has 6 heteroatoms. The van der Waals surface area contributed by atoms with E-state index in [1.54, 1.807) is 11.3 Å². The highest BCUT2D eigenvalue weighted by molar-refractivity contribution is 7.24. The summed E-state index contributed by atoms with van der Waals surface area (Å²) in [6.45, 7) is 7.16. The molecule has 1 aliphatic carbocycles. The second-order valence-electron chi connectivity index (χ2n) is 10.4. The Morgan fingerprint density at radius 1 is 0.968 bits per heavy atom. The molecule has 2 aromatic carbocycles. The van der Waals surface area contributed by atoms with Crippen LogP contribution in [0.2, 0.25) is 0 Å². The van der Waals surface area contributed by atoms with E-state index in [0.29, 0.717) is 35.3 Å². The summed E-state index contributed by atoms with van der Waals surface area (Å²) in [7, 11) is 0. The molecule has 2 aliphatic rings. The monoisotopic (exact) mass is 432 g/mol. The molecular formula is C25H24N2O3S. The van der Waals surface area contributed by atoms with E-state index in [1.807, 2.05) is 36.4 Å². The van der Waals surface area contributed by atoms with Gasteiger partial charge in [0.05, 0.1) is 0 Å². The van der Waals surface area contributed by atoms with Crippen molar-refractivity contribution in [1.29, 1.82) is 0 Å². The van der Waals surface area contributed by atoms with Crippen molar-refractivity contribution in [3.63, 3.8) is 0 Å². The van der Waals surface area contributed by atoms with Crippen molar-refractivity contribution in [3.8, 4) is 0 Å². The molecule has 158 valence electrons. The minimum atomic E-state index is -0.423. The predicted octanol–water partition coefficient (Wildman–Crippen LogP) is 5.14. The molecule has 0 spiro atoms. The number of benzene rings is 2. The Labute approximate surface area is 183 Å². The van der Waals surface area contributed by atoms with Crippen LogP contribution < -0.4 is 10.7 Å². The van der Waals surface area contributed by atoms with Gasteiger partial charge in [0.25, 0.3) is 0 Å². The molecule has 1 aliphatic heterocycles. The first-order chi connectivity index (χ1) is 14.7. The van der Waals surface area contributed by atoms with Crippen LogP contribution in [-0.4, -0.2) is 17.4 Å². The van der Waals surface area contributed by atoms with Crippen molar-refractivity contribution in [2.24, 2.45) is 10.8 Å². The summed E-state index contributed by atoms with van der Waals surface area (Å²) in [4.78, 5) is 30.6. The number of aromatic nitrogens is 1. The Hall–Kier alpha value is -2.73. The minimum absolute atomic E-state index is 0.0169. The Morgan fingerprint density at radius 2 is 1.74 bits per heavy atom. The zero-order chi connectivity index (χ0) is 21.6. The van der Waals surface area contributed by atoms with Crippen molar-refractivity contribution in [3.05, 3.63) is 52.5 Å². The lowest BCUT2D eigenvalue weighted by Crippen LogP contribution is -2.59. The van der Waals surface area contributed by atoms with Gasteiger partial charge in [0.1, 0.15) is 5.52 Å². The molecule has 6 rings (SSSR count). The topological polar surface area (TPSA) is 72.2 Å². The minimum Gasteiger partial charge on any atom is -0.440 e. The van der Waals surface area contributed by atoms with Crippen molar-refractivity contribution in [2.45, 2.75) is 45.4 Å². The molecule has 2 bridgehead atoms.